The lowest BCUT2D eigenvalue weighted by Gasteiger charge is -2.11. The number of hydrogen-bond donors (Lipinski definition) is 1. The largest absolute Gasteiger partial charge is 0.370 e. The second-order valence-corrected chi connectivity index (χ2v) is 4.47. The SMILES string of the molecule is CCCNc1ncnc(-c2cnnn2CCC)c1C. The summed E-state index contributed by atoms with van der Waals surface area (Å²) in [7, 11) is 0. The lowest BCUT2D eigenvalue weighted by atomic mass is 10.2. The number of aromatic nitrogens is 5. The molecule has 19 heavy (non-hydrogen) atoms. The number of rotatable bonds is 6. The van der Waals surface area contributed by atoms with Crippen molar-refractivity contribution in [2.75, 3.05) is 11.9 Å². The zero-order valence-corrected chi connectivity index (χ0v) is 11.7. The Kier molecular flexibility index (Phi) is 4.43. The molecule has 0 radical (unpaired) electrons. The summed E-state index contributed by atoms with van der Waals surface area (Å²) in [4.78, 5) is 8.67. The molecule has 2 heterocycles. The third-order valence-corrected chi connectivity index (χ3v) is 2.92. The van der Waals surface area contributed by atoms with E-state index in [1.807, 2.05) is 11.6 Å². The zero-order valence-electron chi connectivity index (χ0n) is 11.7. The molecule has 6 nitrogen and oxygen atoms in total. The molecule has 0 unspecified atom stereocenters. The van der Waals surface area contributed by atoms with Crippen LogP contribution in [0.1, 0.15) is 32.3 Å². The Hall–Kier alpha value is -1.98. The van der Waals surface area contributed by atoms with E-state index in [0.29, 0.717) is 0 Å². The molecule has 2 aromatic heterocycles. The van der Waals surface area contributed by atoms with Crippen LogP contribution in [0.3, 0.4) is 0 Å². The highest BCUT2D eigenvalue weighted by molar-refractivity contribution is 5.64. The normalized spacial score (nSPS) is 10.7. The maximum atomic E-state index is 4.38. The molecule has 0 aliphatic rings. The van der Waals surface area contributed by atoms with Crippen molar-refractivity contribution in [2.45, 2.75) is 40.2 Å². The molecule has 0 aliphatic heterocycles. The molecule has 0 saturated carbocycles. The summed E-state index contributed by atoms with van der Waals surface area (Å²) in [5.41, 5.74) is 2.88. The lowest BCUT2D eigenvalue weighted by molar-refractivity contribution is 0.583. The predicted octanol–water partition coefficient (Wildman–Crippen LogP) is 2.28. The van der Waals surface area contributed by atoms with Crippen LogP contribution in [0.4, 0.5) is 5.82 Å². The van der Waals surface area contributed by atoms with Crippen LogP contribution in [0.5, 0.6) is 0 Å². The van der Waals surface area contributed by atoms with Crippen molar-refractivity contribution in [3.8, 4) is 11.4 Å². The van der Waals surface area contributed by atoms with Gasteiger partial charge in [-0.2, -0.15) is 0 Å². The van der Waals surface area contributed by atoms with E-state index in [1.165, 1.54) is 0 Å². The minimum atomic E-state index is 0.844. The van der Waals surface area contributed by atoms with Gasteiger partial charge in [-0.15, -0.1) is 5.10 Å². The first-order chi connectivity index (χ1) is 9.27. The number of aryl methyl sites for hydroxylation is 1. The van der Waals surface area contributed by atoms with Gasteiger partial charge in [-0.3, -0.25) is 0 Å². The maximum Gasteiger partial charge on any atom is 0.132 e. The first-order valence-corrected chi connectivity index (χ1v) is 6.72. The Balaban J connectivity index is 2.36. The third-order valence-electron chi connectivity index (χ3n) is 2.92. The second-order valence-electron chi connectivity index (χ2n) is 4.47. The van der Waals surface area contributed by atoms with Crippen LogP contribution in [0.15, 0.2) is 12.5 Å². The summed E-state index contributed by atoms with van der Waals surface area (Å²) in [5, 5.41) is 11.4. The highest BCUT2D eigenvalue weighted by atomic mass is 15.4. The van der Waals surface area contributed by atoms with E-state index in [1.54, 1.807) is 12.5 Å². The van der Waals surface area contributed by atoms with E-state index in [-0.39, 0.29) is 0 Å². The Morgan fingerprint density at radius 2 is 2.05 bits per heavy atom. The number of nitrogens with zero attached hydrogens (tertiary/aromatic N) is 5. The average molecular weight is 260 g/mol. The Morgan fingerprint density at radius 1 is 1.21 bits per heavy atom. The van der Waals surface area contributed by atoms with E-state index in [2.05, 4.69) is 39.4 Å². The summed E-state index contributed by atoms with van der Waals surface area (Å²) in [6.07, 6.45) is 5.42. The van der Waals surface area contributed by atoms with Crippen molar-refractivity contribution in [3.63, 3.8) is 0 Å². The van der Waals surface area contributed by atoms with Crippen LogP contribution < -0.4 is 5.32 Å². The fourth-order valence-electron chi connectivity index (χ4n) is 1.95. The van der Waals surface area contributed by atoms with Crippen LogP contribution in [-0.4, -0.2) is 31.5 Å². The van der Waals surface area contributed by atoms with Gasteiger partial charge >= 0.3 is 0 Å². The molecule has 1 N–H and O–H groups in total. The van der Waals surface area contributed by atoms with Crippen LogP contribution in [0, 0.1) is 6.92 Å². The standard InChI is InChI=1S/C13H20N6/c1-4-6-14-13-10(3)12(15-9-16-13)11-8-17-18-19(11)7-5-2/h8-9H,4-7H2,1-3H3,(H,14,15,16). The molecule has 0 saturated heterocycles. The highest BCUT2D eigenvalue weighted by Gasteiger charge is 2.13. The summed E-state index contributed by atoms with van der Waals surface area (Å²) >= 11 is 0. The quantitative estimate of drug-likeness (QED) is 0.863. The molecule has 0 amide bonds. The Bertz CT molecular complexity index is 534. The van der Waals surface area contributed by atoms with Crippen LogP contribution in [0.25, 0.3) is 11.4 Å². The summed E-state index contributed by atoms with van der Waals surface area (Å²) in [5.74, 6) is 0.885. The van der Waals surface area contributed by atoms with Gasteiger partial charge in [0.15, 0.2) is 0 Å². The average Bonchev–Trinajstić information content (AvgIpc) is 2.86. The molecular formula is C13H20N6. The maximum absolute atomic E-state index is 4.38. The van der Waals surface area contributed by atoms with Gasteiger partial charge < -0.3 is 5.32 Å². The minimum absolute atomic E-state index is 0.844. The molecule has 102 valence electrons. The third kappa shape index (κ3) is 2.89. The van der Waals surface area contributed by atoms with Gasteiger partial charge in [-0.05, 0) is 19.8 Å². The summed E-state index contributed by atoms with van der Waals surface area (Å²) in [6, 6.07) is 0. The van der Waals surface area contributed by atoms with Crippen molar-refractivity contribution in [1.82, 2.24) is 25.0 Å². The van der Waals surface area contributed by atoms with Crippen molar-refractivity contribution >= 4 is 5.82 Å². The molecule has 0 atom stereocenters. The molecule has 0 aliphatic carbocycles. The van der Waals surface area contributed by atoms with Crippen LogP contribution in [-0.2, 0) is 6.54 Å². The lowest BCUT2D eigenvalue weighted by Crippen LogP contribution is -2.08. The molecule has 6 heteroatoms. The van der Waals surface area contributed by atoms with Crippen molar-refractivity contribution in [3.05, 3.63) is 18.1 Å². The zero-order chi connectivity index (χ0) is 13.7. The van der Waals surface area contributed by atoms with Crippen molar-refractivity contribution in [1.29, 1.82) is 0 Å². The fourth-order valence-corrected chi connectivity index (χ4v) is 1.95. The van der Waals surface area contributed by atoms with Gasteiger partial charge in [0.05, 0.1) is 11.9 Å². The van der Waals surface area contributed by atoms with Gasteiger partial charge in [-0.1, -0.05) is 19.1 Å². The molecule has 2 rings (SSSR count). The van der Waals surface area contributed by atoms with Gasteiger partial charge in [0.2, 0.25) is 0 Å². The Morgan fingerprint density at radius 3 is 2.79 bits per heavy atom. The monoisotopic (exact) mass is 260 g/mol. The van der Waals surface area contributed by atoms with Gasteiger partial charge in [0.1, 0.15) is 17.8 Å². The van der Waals surface area contributed by atoms with E-state index < -0.39 is 0 Å². The predicted molar refractivity (Wildman–Crippen MR) is 74.9 cm³/mol. The molecule has 2 aromatic rings. The fraction of sp³-hybridized carbons (Fsp3) is 0.538. The second kappa shape index (κ2) is 6.26. The first kappa shape index (κ1) is 13.5. The van der Waals surface area contributed by atoms with E-state index in [0.717, 1.165) is 48.7 Å². The van der Waals surface area contributed by atoms with E-state index in [4.69, 9.17) is 0 Å². The smallest absolute Gasteiger partial charge is 0.132 e. The van der Waals surface area contributed by atoms with E-state index in [9.17, 15) is 0 Å². The molecule has 0 spiro atoms. The molecule has 0 aromatic carbocycles. The number of hydrogen-bond acceptors (Lipinski definition) is 5. The number of nitrogens with one attached hydrogen (secondary N) is 1. The summed E-state index contributed by atoms with van der Waals surface area (Å²) in [6.45, 7) is 8.02. The minimum Gasteiger partial charge on any atom is -0.370 e. The molecule has 0 bridgehead atoms. The van der Waals surface area contributed by atoms with Gasteiger partial charge in [-0.25, -0.2) is 14.6 Å². The van der Waals surface area contributed by atoms with E-state index >= 15 is 0 Å². The van der Waals surface area contributed by atoms with Gasteiger partial charge in [0.25, 0.3) is 0 Å². The van der Waals surface area contributed by atoms with Crippen molar-refractivity contribution < 1.29 is 0 Å². The van der Waals surface area contributed by atoms with Crippen LogP contribution >= 0.6 is 0 Å². The van der Waals surface area contributed by atoms with Gasteiger partial charge in [0, 0.05) is 18.7 Å². The first-order valence-electron chi connectivity index (χ1n) is 6.72. The Labute approximate surface area is 113 Å². The highest BCUT2D eigenvalue weighted by Crippen LogP contribution is 2.23. The molecular weight excluding hydrogens is 240 g/mol. The van der Waals surface area contributed by atoms with Crippen LogP contribution in [0.2, 0.25) is 0 Å². The van der Waals surface area contributed by atoms with Crippen molar-refractivity contribution in [2.24, 2.45) is 0 Å². The summed E-state index contributed by atoms with van der Waals surface area (Å²) < 4.78 is 1.89. The topological polar surface area (TPSA) is 68.5 Å². The molecule has 0 fully saturated rings. The number of anilines is 1.